The third-order valence-corrected chi connectivity index (χ3v) is 3.95. The lowest BCUT2D eigenvalue weighted by Gasteiger charge is -2.30. The van der Waals surface area contributed by atoms with Gasteiger partial charge in [-0.3, -0.25) is 4.68 Å². The van der Waals surface area contributed by atoms with E-state index in [4.69, 9.17) is 0 Å². The van der Waals surface area contributed by atoms with Crippen LogP contribution >= 0.6 is 0 Å². The van der Waals surface area contributed by atoms with Gasteiger partial charge in [0.1, 0.15) is 6.10 Å². The van der Waals surface area contributed by atoms with Crippen LogP contribution in [0.4, 0.5) is 0 Å². The number of hydrogen-bond acceptors (Lipinski definition) is 3. The summed E-state index contributed by atoms with van der Waals surface area (Å²) < 4.78 is 1.79. The molecule has 4 heteroatoms. The Morgan fingerprint density at radius 2 is 1.89 bits per heavy atom. The fourth-order valence-electron chi connectivity index (χ4n) is 2.90. The van der Waals surface area contributed by atoms with Gasteiger partial charge in [-0.15, -0.1) is 0 Å². The van der Waals surface area contributed by atoms with E-state index < -0.39 is 12.2 Å². The van der Waals surface area contributed by atoms with Crippen molar-refractivity contribution in [2.24, 2.45) is 5.92 Å². The lowest BCUT2D eigenvalue weighted by Crippen LogP contribution is -2.31. The van der Waals surface area contributed by atoms with E-state index in [1.54, 1.807) is 16.9 Å². The summed E-state index contributed by atoms with van der Waals surface area (Å²) in [5, 5.41) is 24.9. The number of aromatic nitrogens is 2. The molecule has 2 unspecified atom stereocenters. The summed E-state index contributed by atoms with van der Waals surface area (Å²) in [5.74, 6) is 0.226. The van der Waals surface area contributed by atoms with Gasteiger partial charge in [-0.1, -0.05) is 19.3 Å². The third kappa shape index (κ3) is 2.75. The molecule has 0 radical (unpaired) electrons. The van der Waals surface area contributed by atoms with Gasteiger partial charge in [0.25, 0.3) is 0 Å². The summed E-state index contributed by atoms with van der Waals surface area (Å²) >= 11 is 0. The van der Waals surface area contributed by atoms with E-state index in [1.807, 2.05) is 13.8 Å². The molecule has 0 saturated heterocycles. The Morgan fingerprint density at radius 3 is 2.50 bits per heavy atom. The molecule has 1 aromatic rings. The van der Waals surface area contributed by atoms with Gasteiger partial charge in [0.15, 0.2) is 0 Å². The number of aliphatic hydroxyl groups excluding tert-OH is 2. The minimum absolute atomic E-state index is 0.197. The van der Waals surface area contributed by atoms with Crippen LogP contribution in [0, 0.1) is 5.92 Å². The fourth-order valence-corrected chi connectivity index (χ4v) is 2.90. The highest BCUT2D eigenvalue weighted by Gasteiger charge is 2.30. The first-order valence-electron chi connectivity index (χ1n) is 7.00. The molecule has 1 heterocycles. The van der Waals surface area contributed by atoms with Crippen LogP contribution in [0.2, 0.25) is 0 Å². The molecule has 1 aliphatic carbocycles. The van der Waals surface area contributed by atoms with Crippen LogP contribution < -0.4 is 0 Å². The monoisotopic (exact) mass is 252 g/mol. The maximum Gasteiger partial charge on any atom is 0.122 e. The minimum Gasteiger partial charge on any atom is -0.390 e. The van der Waals surface area contributed by atoms with Crippen molar-refractivity contribution in [3.63, 3.8) is 0 Å². The zero-order valence-electron chi connectivity index (χ0n) is 11.3. The molecule has 2 N–H and O–H groups in total. The topological polar surface area (TPSA) is 58.3 Å². The molecule has 4 nitrogen and oxygen atoms in total. The summed E-state index contributed by atoms with van der Waals surface area (Å²) in [4.78, 5) is 0. The first-order valence-corrected chi connectivity index (χ1v) is 7.00. The normalized spacial score (nSPS) is 21.2. The smallest absolute Gasteiger partial charge is 0.122 e. The Labute approximate surface area is 109 Å². The van der Waals surface area contributed by atoms with Gasteiger partial charge in [-0.2, -0.15) is 5.10 Å². The van der Waals surface area contributed by atoms with Gasteiger partial charge in [0.05, 0.1) is 11.8 Å². The SMILES string of the molecule is CC(C)n1nccc1C(O)C(O)C1CCCCC1. The molecule has 2 rings (SSSR count). The van der Waals surface area contributed by atoms with Crippen molar-refractivity contribution in [2.45, 2.75) is 64.2 Å². The molecule has 1 aliphatic rings. The maximum absolute atomic E-state index is 10.3. The van der Waals surface area contributed by atoms with Gasteiger partial charge < -0.3 is 10.2 Å². The Balaban J connectivity index is 2.09. The number of aliphatic hydroxyl groups is 2. The Kier molecular flexibility index (Phi) is 4.40. The molecule has 0 aromatic carbocycles. The first-order chi connectivity index (χ1) is 8.61. The lowest BCUT2D eigenvalue weighted by atomic mass is 9.83. The molecule has 0 aliphatic heterocycles. The van der Waals surface area contributed by atoms with Gasteiger partial charge in [-0.25, -0.2) is 0 Å². The van der Waals surface area contributed by atoms with Crippen molar-refractivity contribution in [2.75, 3.05) is 0 Å². The molecular weight excluding hydrogens is 228 g/mol. The van der Waals surface area contributed by atoms with Gasteiger partial charge in [0.2, 0.25) is 0 Å². The van der Waals surface area contributed by atoms with Crippen LogP contribution in [-0.2, 0) is 0 Å². The molecule has 0 bridgehead atoms. The van der Waals surface area contributed by atoms with Crippen molar-refractivity contribution in [1.82, 2.24) is 9.78 Å². The molecule has 1 aromatic heterocycles. The Morgan fingerprint density at radius 1 is 1.22 bits per heavy atom. The third-order valence-electron chi connectivity index (χ3n) is 3.95. The zero-order valence-corrected chi connectivity index (χ0v) is 11.3. The van der Waals surface area contributed by atoms with Crippen molar-refractivity contribution < 1.29 is 10.2 Å². The number of rotatable bonds is 4. The lowest BCUT2D eigenvalue weighted by molar-refractivity contribution is -0.0329. The molecule has 1 fully saturated rings. The highest BCUT2D eigenvalue weighted by atomic mass is 16.3. The second-order valence-electron chi connectivity index (χ2n) is 5.63. The van der Waals surface area contributed by atoms with Crippen molar-refractivity contribution in [3.8, 4) is 0 Å². The van der Waals surface area contributed by atoms with Crippen LogP contribution in [0.15, 0.2) is 12.3 Å². The largest absolute Gasteiger partial charge is 0.390 e. The molecule has 2 atom stereocenters. The molecule has 18 heavy (non-hydrogen) atoms. The number of nitrogens with zero attached hydrogens (tertiary/aromatic N) is 2. The second kappa shape index (κ2) is 5.85. The maximum atomic E-state index is 10.3. The van der Waals surface area contributed by atoms with Crippen LogP contribution in [0.5, 0.6) is 0 Å². The van der Waals surface area contributed by atoms with Crippen molar-refractivity contribution in [1.29, 1.82) is 0 Å². The second-order valence-corrected chi connectivity index (χ2v) is 5.63. The van der Waals surface area contributed by atoms with E-state index in [9.17, 15) is 10.2 Å². The minimum atomic E-state index is -0.821. The van der Waals surface area contributed by atoms with Gasteiger partial charge in [-0.05, 0) is 38.7 Å². The summed E-state index contributed by atoms with van der Waals surface area (Å²) in [7, 11) is 0. The predicted molar refractivity (Wildman–Crippen MR) is 70.2 cm³/mol. The van der Waals surface area contributed by atoms with E-state index in [1.165, 1.54) is 6.42 Å². The molecule has 0 spiro atoms. The van der Waals surface area contributed by atoms with Crippen LogP contribution in [0.1, 0.15) is 63.8 Å². The number of hydrogen-bond donors (Lipinski definition) is 2. The Hall–Kier alpha value is -0.870. The fraction of sp³-hybridized carbons (Fsp3) is 0.786. The van der Waals surface area contributed by atoms with E-state index >= 15 is 0 Å². The van der Waals surface area contributed by atoms with Crippen molar-refractivity contribution >= 4 is 0 Å². The highest BCUT2D eigenvalue weighted by molar-refractivity contribution is 5.08. The predicted octanol–water partition coefficient (Wildman–Crippen LogP) is 2.44. The van der Waals surface area contributed by atoms with E-state index in [0.717, 1.165) is 31.4 Å². The van der Waals surface area contributed by atoms with E-state index in [2.05, 4.69) is 5.10 Å². The highest BCUT2D eigenvalue weighted by Crippen LogP contribution is 2.32. The summed E-state index contributed by atoms with van der Waals surface area (Å²) in [6, 6.07) is 2.00. The molecule has 102 valence electrons. The van der Waals surface area contributed by atoms with E-state index in [-0.39, 0.29) is 12.0 Å². The summed E-state index contributed by atoms with van der Waals surface area (Å²) in [5.41, 5.74) is 0.725. The Bertz CT molecular complexity index is 370. The first kappa shape index (κ1) is 13.6. The van der Waals surface area contributed by atoms with E-state index in [0.29, 0.717) is 0 Å². The molecule has 1 saturated carbocycles. The average Bonchev–Trinajstić information content (AvgIpc) is 2.87. The quantitative estimate of drug-likeness (QED) is 0.865. The summed E-state index contributed by atoms with van der Waals surface area (Å²) in [6.07, 6.45) is 5.82. The van der Waals surface area contributed by atoms with Crippen molar-refractivity contribution in [3.05, 3.63) is 18.0 Å². The summed E-state index contributed by atoms with van der Waals surface area (Å²) in [6.45, 7) is 4.05. The zero-order chi connectivity index (χ0) is 13.1. The molecular formula is C14H24N2O2. The van der Waals surface area contributed by atoms with Gasteiger partial charge in [0, 0.05) is 12.2 Å². The standard InChI is InChI=1S/C14H24N2O2/c1-10(2)16-12(8-9-15-16)14(18)13(17)11-6-4-3-5-7-11/h8-11,13-14,17-18H,3-7H2,1-2H3. The molecule has 0 amide bonds. The van der Waals surface area contributed by atoms with Gasteiger partial charge >= 0.3 is 0 Å². The van der Waals surface area contributed by atoms with Crippen LogP contribution in [0.3, 0.4) is 0 Å². The van der Waals surface area contributed by atoms with Crippen LogP contribution in [0.25, 0.3) is 0 Å². The van der Waals surface area contributed by atoms with Crippen LogP contribution in [-0.4, -0.2) is 26.1 Å². The average molecular weight is 252 g/mol.